The number of imide groups is 1. The van der Waals surface area contributed by atoms with Crippen LogP contribution in [-0.4, -0.2) is 116 Å². The van der Waals surface area contributed by atoms with Crippen molar-refractivity contribution < 1.29 is 41.1 Å². The fourth-order valence-electron chi connectivity index (χ4n) is 10.6. The molecule has 4 saturated heterocycles. The summed E-state index contributed by atoms with van der Waals surface area (Å²) in [5.41, 5.74) is 4.33. The van der Waals surface area contributed by atoms with Gasteiger partial charge in [-0.2, -0.15) is 0 Å². The third kappa shape index (κ3) is 7.92. The highest BCUT2D eigenvalue weighted by Gasteiger charge is 2.52. The Labute approximate surface area is 380 Å². The number of piperidine rings is 2. The van der Waals surface area contributed by atoms with Crippen molar-refractivity contribution >= 4 is 61.6 Å². The minimum absolute atomic E-state index is 0.00618. The number of fused-ring (bicyclic) bond motifs is 2. The minimum atomic E-state index is -3.89. The summed E-state index contributed by atoms with van der Waals surface area (Å²) in [5, 5.41) is 2.74. The van der Waals surface area contributed by atoms with Gasteiger partial charge in [-0.15, -0.1) is 0 Å². The molecule has 5 aliphatic rings. The zero-order chi connectivity index (χ0) is 46.1. The molecular weight excluding hydrogens is 871 g/mol. The fourth-order valence-corrected chi connectivity index (χ4v) is 11.7. The van der Waals surface area contributed by atoms with E-state index in [9.17, 15) is 27.6 Å². The average Bonchev–Trinajstić information content (AvgIpc) is 3.85. The maximum Gasteiger partial charge on any atom is 0.258 e. The van der Waals surface area contributed by atoms with Crippen LogP contribution in [0, 0.1) is 23.0 Å². The maximum absolute atomic E-state index is 15.5. The van der Waals surface area contributed by atoms with E-state index in [4.69, 9.17) is 4.74 Å². The number of carbonyl (C=O) groups excluding carboxylic acids is 4. The van der Waals surface area contributed by atoms with Gasteiger partial charge < -0.3 is 29.3 Å². The molecule has 2 aromatic heterocycles. The van der Waals surface area contributed by atoms with Crippen molar-refractivity contribution in [3.63, 3.8) is 0 Å². The second kappa shape index (κ2) is 16.8. The van der Waals surface area contributed by atoms with Gasteiger partial charge in [0, 0.05) is 111 Å². The van der Waals surface area contributed by atoms with Crippen LogP contribution in [0.4, 0.5) is 25.8 Å². The van der Waals surface area contributed by atoms with Gasteiger partial charge in [-0.3, -0.25) is 29.2 Å². The predicted molar refractivity (Wildman–Crippen MR) is 244 cm³/mol. The number of aromatic amines is 1. The number of pyridine rings is 1. The van der Waals surface area contributed by atoms with Crippen molar-refractivity contribution in [3.8, 4) is 16.9 Å². The molecule has 10 rings (SSSR count). The number of hydrogen-bond donors (Lipinski definition) is 3. The molecule has 3 aromatic carbocycles. The van der Waals surface area contributed by atoms with E-state index in [1.54, 1.807) is 31.2 Å². The zero-order valence-electron chi connectivity index (χ0n) is 36.7. The van der Waals surface area contributed by atoms with E-state index in [0.717, 1.165) is 93.3 Å². The zero-order valence-corrected chi connectivity index (χ0v) is 37.5. The van der Waals surface area contributed by atoms with Crippen LogP contribution in [0.25, 0.3) is 22.2 Å². The molecule has 4 fully saturated rings. The number of nitrogens with zero attached hydrogens (tertiary/aromatic N) is 5. The Kier molecular flexibility index (Phi) is 11.1. The average molecular weight is 921 g/mol. The number of H-pyrrole nitrogens is 1. The lowest BCUT2D eigenvalue weighted by Crippen LogP contribution is -2.72. The molecule has 3 amide bonds. The molecule has 66 heavy (non-hydrogen) atoms. The number of amides is 3. The van der Waals surface area contributed by atoms with Crippen molar-refractivity contribution in [3.05, 3.63) is 101 Å². The van der Waals surface area contributed by atoms with E-state index in [2.05, 4.69) is 52.9 Å². The minimum Gasteiger partial charge on any atom is -0.496 e. The number of nitrogens with one attached hydrogen (secondary N) is 3. The molecule has 0 bridgehead atoms. The summed E-state index contributed by atoms with van der Waals surface area (Å²) in [6.07, 6.45) is 5.96. The number of carbonyl (C=O) groups is 4. The molecule has 344 valence electrons. The highest BCUT2D eigenvalue weighted by molar-refractivity contribution is 7.92. The molecule has 1 atom stereocenters. The van der Waals surface area contributed by atoms with Crippen LogP contribution in [0.3, 0.4) is 0 Å². The van der Waals surface area contributed by atoms with E-state index < -0.39 is 50.6 Å². The Morgan fingerprint density at radius 2 is 1.70 bits per heavy atom. The van der Waals surface area contributed by atoms with E-state index >= 15 is 8.78 Å². The van der Waals surface area contributed by atoms with Crippen LogP contribution in [-0.2, 0) is 26.2 Å². The molecule has 3 N–H and O–H groups in total. The Bertz CT molecular complexity index is 2900. The van der Waals surface area contributed by atoms with Gasteiger partial charge in [-0.05, 0) is 79.1 Å². The fraction of sp³-hybridized carbons (Fsp3) is 0.396. The van der Waals surface area contributed by atoms with Gasteiger partial charge in [-0.25, -0.2) is 22.2 Å². The van der Waals surface area contributed by atoms with E-state index in [1.165, 1.54) is 6.20 Å². The maximum atomic E-state index is 15.5. The summed E-state index contributed by atoms with van der Waals surface area (Å²) in [6, 6.07) is 15.0. The Hall–Kier alpha value is -6.40. The first kappa shape index (κ1) is 43.5. The first-order valence-corrected chi connectivity index (χ1v) is 24.1. The number of likely N-dealkylation sites (tertiary alicyclic amines) is 1. The largest absolute Gasteiger partial charge is 0.496 e. The lowest BCUT2D eigenvalue weighted by molar-refractivity contribution is -0.136. The third-order valence-corrected chi connectivity index (χ3v) is 15.3. The summed E-state index contributed by atoms with van der Waals surface area (Å²) >= 11 is 0. The topological polar surface area (TPSA) is 177 Å². The Morgan fingerprint density at radius 3 is 2.41 bits per heavy atom. The quantitative estimate of drug-likeness (QED) is 0.0976. The number of anilines is 3. The number of aromatic nitrogens is 2. The number of halogens is 2. The van der Waals surface area contributed by atoms with Gasteiger partial charge in [0.1, 0.15) is 23.3 Å². The van der Waals surface area contributed by atoms with E-state index in [-0.39, 0.29) is 35.0 Å². The molecule has 0 unspecified atom stereocenters. The van der Waals surface area contributed by atoms with Crippen molar-refractivity contribution in [1.82, 2.24) is 25.1 Å². The van der Waals surface area contributed by atoms with Crippen LogP contribution < -0.4 is 24.6 Å². The van der Waals surface area contributed by atoms with Crippen molar-refractivity contribution in [2.24, 2.45) is 11.3 Å². The molecule has 7 heterocycles. The van der Waals surface area contributed by atoms with Gasteiger partial charge in [0.15, 0.2) is 5.82 Å². The van der Waals surface area contributed by atoms with Gasteiger partial charge in [0.25, 0.3) is 5.91 Å². The second-order valence-electron chi connectivity index (χ2n) is 18.4. The molecule has 5 aliphatic heterocycles. The second-order valence-corrected chi connectivity index (χ2v) is 20.3. The van der Waals surface area contributed by atoms with E-state index in [0.29, 0.717) is 53.2 Å². The molecule has 5 aromatic rings. The van der Waals surface area contributed by atoms with Crippen LogP contribution in [0.2, 0.25) is 0 Å². The van der Waals surface area contributed by atoms with Crippen LogP contribution in [0.1, 0.15) is 70.9 Å². The summed E-state index contributed by atoms with van der Waals surface area (Å²) in [4.78, 5) is 67.7. The summed E-state index contributed by atoms with van der Waals surface area (Å²) in [7, 11) is -2.33. The van der Waals surface area contributed by atoms with Crippen LogP contribution in [0.15, 0.2) is 67.0 Å². The van der Waals surface area contributed by atoms with Crippen LogP contribution >= 0.6 is 0 Å². The van der Waals surface area contributed by atoms with Crippen molar-refractivity contribution in [2.75, 3.05) is 73.2 Å². The summed E-state index contributed by atoms with van der Waals surface area (Å²) < 4.78 is 63.0. The van der Waals surface area contributed by atoms with Gasteiger partial charge in [0.05, 0.1) is 29.7 Å². The van der Waals surface area contributed by atoms with Crippen molar-refractivity contribution in [1.29, 1.82) is 0 Å². The lowest BCUT2D eigenvalue weighted by Gasteiger charge is -2.61. The van der Waals surface area contributed by atoms with Crippen LogP contribution in [0.5, 0.6) is 5.75 Å². The molecule has 0 aliphatic carbocycles. The lowest BCUT2D eigenvalue weighted by atomic mass is 9.72. The Morgan fingerprint density at radius 1 is 0.939 bits per heavy atom. The van der Waals surface area contributed by atoms with Gasteiger partial charge in [0.2, 0.25) is 27.6 Å². The first-order chi connectivity index (χ1) is 31.7. The smallest absolute Gasteiger partial charge is 0.258 e. The summed E-state index contributed by atoms with van der Waals surface area (Å²) in [5.74, 6) is -3.47. The number of ketones is 1. The Balaban J connectivity index is 0.721. The molecular formula is C48H50F2N8O7S. The normalized spacial score (nSPS) is 19.8. The molecule has 0 radical (unpaired) electrons. The summed E-state index contributed by atoms with van der Waals surface area (Å²) in [6.45, 7) is 8.91. The highest BCUT2D eigenvalue weighted by atomic mass is 32.2. The standard InChI is InChI=1S/C48H50F2N8O7S/c1-3-16-66(63,64)54-37-9-8-36(49)42(43(37)50)44(60)35-21-52-45-34(35)18-30(20-51-45)29-4-6-32(7-5-29)57-26-48(27-57)24-55(25-48)22-28-12-14-56(15-13-28)33-17-31-23-58(38-10-11-40(59)53-46(38)61)47(62)41(31)39(19-33)65-2/h4-9,17-21,28,38,54H,3,10-16,22-27H2,1-2H3,(H,51,52)(H,53,59,61)/t38-/m0/s1. The molecule has 0 saturated carbocycles. The third-order valence-electron chi connectivity index (χ3n) is 13.9. The van der Waals surface area contributed by atoms with Gasteiger partial charge >= 0.3 is 0 Å². The SMILES string of the molecule is CCCS(=O)(=O)Nc1ccc(F)c(C(=O)c2c[nH]c3ncc(-c4ccc(N5CC6(CN(CC7CCN(c8cc9c(c(OC)c8)C(=O)N([C@H]8CCC(=O)NC8=O)C9)CC7)C6)C5)cc4)cc23)c1F. The number of hydrogen-bond acceptors (Lipinski definition) is 11. The predicted octanol–water partition coefficient (Wildman–Crippen LogP) is 5.70. The number of ether oxygens (including phenoxy) is 1. The number of rotatable bonds is 13. The molecule has 15 nitrogen and oxygen atoms in total. The number of benzene rings is 3. The van der Waals surface area contributed by atoms with Crippen molar-refractivity contribution in [2.45, 2.75) is 51.6 Å². The number of methoxy groups -OCH3 is 1. The first-order valence-electron chi connectivity index (χ1n) is 22.4. The molecule has 18 heteroatoms. The number of sulfonamides is 1. The monoisotopic (exact) mass is 920 g/mol. The van der Waals surface area contributed by atoms with E-state index in [1.807, 2.05) is 18.2 Å². The van der Waals surface area contributed by atoms with Gasteiger partial charge in [-0.1, -0.05) is 19.1 Å². The highest BCUT2D eigenvalue weighted by Crippen LogP contribution is 2.44. The molecule has 1 spiro atoms.